The number of anilines is 1. The van der Waals surface area contributed by atoms with Gasteiger partial charge in [-0.15, -0.1) is 26.7 Å². The predicted molar refractivity (Wildman–Crippen MR) is 57.8 cm³/mol. The van der Waals surface area contributed by atoms with Gasteiger partial charge in [-0.3, -0.25) is 0 Å². The van der Waals surface area contributed by atoms with Crippen molar-refractivity contribution in [2.24, 2.45) is 5.10 Å². The van der Waals surface area contributed by atoms with E-state index in [4.69, 9.17) is 0 Å². The monoisotopic (exact) mass is 219 g/mol. The molecule has 1 N–H and O–H groups in total. The number of rotatable bonds is 2. The first-order valence-electron chi connectivity index (χ1n) is 4.28. The Morgan fingerprint density at radius 2 is 2.20 bits per heavy atom. The minimum atomic E-state index is 0.780. The van der Waals surface area contributed by atoms with E-state index in [2.05, 4.69) is 22.0 Å². The number of nitrogens with zero attached hydrogens (tertiary/aromatic N) is 5. The lowest BCUT2D eigenvalue weighted by Gasteiger charge is -2.25. The molecule has 0 atom stereocenters. The van der Waals surface area contributed by atoms with Gasteiger partial charge in [0.15, 0.2) is 5.82 Å². The zero-order valence-electron chi connectivity index (χ0n) is 7.61. The largest absolute Gasteiger partial charge is 0.246 e. The van der Waals surface area contributed by atoms with E-state index in [0.717, 1.165) is 5.82 Å². The highest BCUT2D eigenvalue weighted by Gasteiger charge is 2.21. The van der Waals surface area contributed by atoms with Crippen LogP contribution in [0.2, 0.25) is 0 Å². The van der Waals surface area contributed by atoms with Gasteiger partial charge in [-0.2, -0.15) is 5.53 Å². The zero-order valence-corrected chi connectivity index (χ0v) is 8.42. The molecule has 1 radical (unpaired) electrons. The fraction of sp³-hybridized carbons (Fsp3) is 0. The summed E-state index contributed by atoms with van der Waals surface area (Å²) in [4.78, 5) is 4.19. The van der Waals surface area contributed by atoms with Crippen LogP contribution >= 0.6 is 11.3 Å². The second-order valence-corrected chi connectivity index (χ2v) is 3.54. The third-order valence-corrected chi connectivity index (χ3v) is 2.49. The van der Waals surface area contributed by atoms with Crippen molar-refractivity contribution in [2.45, 2.75) is 0 Å². The van der Waals surface area contributed by atoms with Crippen LogP contribution in [0.4, 0.5) is 5.82 Å². The van der Waals surface area contributed by atoms with Crippen molar-refractivity contribution in [1.82, 2.24) is 15.2 Å². The van der Waals surface area contributed by atoms with Gasteiger partial charge >= 0.3 is 0 Å². The molecule has 1 aliphatic rings. The van der Waals surface area contributed by atoms with Crippen molar-refractivity contribution in [3.63, 3.8) is 0 Å². The van der Waals surface area contributed by atoms with Gasteiger partial charge in [0.2, 0.25) is 6.34 Å². The summed E-state index contributed by atoms with van der Waals surface area (Å²) in [5.41, 5.74) is 4.56. The maximum Gasteiger partial charge on any atom is 0.241 e. The van der Waals surface area contributed by atoms with E-state index in [0.29, 0.717) is 0 Å². The first kappa shape index (κ1) is 8.30. The van der Waals surface area contributed by atoms with Crippen LogP contribution in [0.25, 0.3) is 0 Å². The van der Waals surface area contributed by atoms with Crippen molar-refractivity contribution in [3.8, 4) is 0 Å². The molecule has 6 nitrogen and oxygen atoms in total. The summed E-state index contributed by atoms with van der Waals surface area (Å²) < 4.78 is 1.84. The van der Waals surface area contributed by atoms with E-state index in [1.165, 1.54) is 11.3 Å². The molecule has 0 saturated carbocycles. The molecular weight excluding hydrogens is 212 g/mol. The minimum Gasteiger partial charge on any atom is -0.246 e. The molecule has 0 spiro atoms. The lowest BCUT2D eigenvalue weighted by atomic mass is 10.7. The van der Waals surface area contributed by atoms with Gasteiger partial charge in [0.25, 0.3) is 0 Å². The summed E-state index contributed by atoms with van der Waals surface area (Å²) in [6.45, 7) is 0. The summed E-state index contributed by atoms with van der Waals surface area (Å²) in [7, 11) is 0. The fourth-order valence-electron chi connectivity index (χ4n) is 1.27. The first-order chi connectivity index (χ1) is 7.45. The molecule has 3 heterocycles. The number of hydrogen-bond donors (Lipinski definition) is 1. The lowest BCUT2D eigenvalue weighted by molar-refractivity contribution is 0.616. The van der Waals surface area contributed by atoms with Crippen LogP contribution in [-0.4, -0.2) is 16.0 Å². The molecule has 75 valence electrons. The number of hydrogen-bond acceptors (Lipinski definition) is 6. The number of hydrazone groups is 1. The molecular formula is C8H7N6S. The molecule has 7 heteroatoms. The highest BCUT2D eigenvalue weighted by Crippen LogP contribution is 2.14. The number of thiazole rings is 1. The van der Waals surface area contributed by atoms with Crippen LogP contribution < -0.4 is 15.8 Å². The summed E-state index contributed by atoms with van der Waals surface area (Å²) in [6.07, 6.45) is 6.59. The second-order valence-electron chi connectivity index (χ2n) is 2.82. The molecule has 0 aromatic carbocycles. The molecule has 2 aromatic heterocycles. The average Bonchev–Trinajstić information content (AvgIpc) is 3.01. The van der Waals surface area contributed by atoms with Gasteiger partial charge in [-0.05, 0) is 12.1 Å². The maximum absolute atomic E-state index is 4.19. The molecule has 0 bridgehead atoms. The molecule has 0 unspecified atom stereocenters. The molecule has 1 aliphatic heterocycles. The Balaban J connectivity index is 1.92. The molecule has 3 rings (SSSR count). The van der Waals surface area contributed by atoms with Gasteiger partial charge < -0.3 is 0 Å². The summed E-state index contributed by atoms with van der Waals surface area (Å²) >= 11 is 1.53. The fourth-order valence-corrected chi connectivity index (χ4v) is 1.78. The van der Waals surface area contributed by atoms with E-state index >= 15 is 0 Å². The zero-order chi connectivity index (χ0) is 10.1. The highest BCUT2D eigenvalue weighted by molar-refractivity contribution is 7.07. The Morgan fingerprint density at radius 1 is 1.33 bits per heavy atom. The van der Waals surface area contributed by atoms with Crippen LogP contribution in [0.3, 0.4) is 0 Å². The molecule has 2 aromatic rings. The Hall–Kier alpha value is -2.02. The van der Waals surface area contributed by atoms with Crippen LogP contribution in [0, 0.1) is 0 Å². The van der Waals surface area contributed by atoms with Crippen molar-refractivity contribution >= 4 is 23.5 Å². The Kier molecular flexibility index (Phi) is 1.82. The topological polar surface area (TPSA) is 48.7 Å². The van der Waals surface area contributed by atoms with Crippen LogP contribution in [0.15, 0.2) is 40.5 Å². The lowest BCUT2D eigenvalue weighted by Crippen LogP contribution is -2.49. The molecule has 0 amide bonds. The third-order valence-electron chi connectivity index (χ3n) is 1.92. The van der Waals surface area contributed by atoms with Crippen LogP contribution in [-0.2, 0) is 0 Å². The van der Waals surface area contributed by atoms with Crippen molar-refractivity contribution in [1.29, 1.82) is 0 Å². The van der Waals surface area contributed by atoms with Crippen molar-refractivity contribution in [2.75, 3.05) is 10.2 Å². The Labute approximate surface area is 90.0 Å². The van der Waals surface area contributed by atoms with E-state index in [1.54, 1.807) is 15.7 Å². The first-order valence-corrected chi connectivity index (χ1v) is 5.22. The summed E-state index contributed by atoms with van der Waals surface area (Å²) in [5.74, 6) is 0.780. The van der Waals surface area contributed by atoms with Gasteiger partial charge in [0, 0.05) is 17.8 Å². The number of aromatic nitrogens is 2. The number of hydrazine groups is 2. The maximum atomic E-state index is 4.19. The van der Waals surface area contributed by atoms with Crippen LogP contribution in [0.1, 0.15) is 0 Å². The predicted octanol–water partition coefficient (Wildman–Crippen LogP) is 0.643. The second kappa shape index (κ2) is 3.28. The van der Waals surface area contributed by atoms with Gasteiger partial charge in [0.05, 0.1) is 5.51 Å². The molecule has 0 aliphatic carbocycles. The number of nitrogens with one attached hydrogen (secondary N) is 1. The minimum absolute atomic E-state index is 0.780. The standard InChI is InChI=1S/C8H7N6S/c1-2-4-12(3-1)13-6-10-11-14(13)8-5-15-7-9-8/h1-5,7,11H. The quantitative estimate of drug-likeness (QED) is 0.805. The Morgan fingerprint density at radius 3 is 2.93 bits per heavy atom. The average molecular weight is 219 g/mol. The van der Waals surface area contributed by atoms with E-state index in [-0.39, 0.29) is 0 Å². The normalized spacial score (nSPS) is 14.7. The third kappa shape index (κ3) is 1.33. The SMILES string of the molecule is [C]1=NNN(c2cscn2)N1n1cccc1. The molecule has 0 fully saturated rings. The van der Waals surface area contributed by atoms with E-state index in [1.807, 2.05) is 34.6 Å². The van der Waals surface area contributed by atoms with Gasteiger partial charge in [-0.25, -0.2) is 9.66 Å². The van der Waals surface area contributed by atoms with Crippen LogP contribution in [0.5, 0.6) is 0 Å². The van der Waals surface area contributed by atoms with Crippen molar-refractivity contribution in [3.05, 3.63) is 35.4 Å². The van der Waals surface area contributed by atoms with Crippen molar-refractivity contribution < 1.29 is 0 Å². The summed E-state index contributed by atoms with van der Waals surface area (Å²) in [6, 6.07) is 3.86. The Bertz CT molecular complexity index is 447. The summed E-state index contributed by atoms with van der Waals surface area (Å²) in [5, 5.41) is 9.16. The van der Waals surface area contributed by atoms with E-state index in [9.17, 15) is 0 Å². The molecule has 15 heavy (non-hydrogen) atoms. The molecule has 0 saturated heterocycles. The van der Waals surface area contributed by atoms with E-state index < -0.39 is 0 Å². The highest BCUT2D eigenvalue weighted by atomic mass is 32.1. The van der Waals surface area contributed by atoms with Gasteiger partial charge in [-0.1, -0.05) is 0 Å². The van der Waals surface area contributed by atoms with Gasteiger partial charge in [0.1, 0.15) is 0 Å². The smallest absolute Gasteiger partial charge is 0.241 e.